The van der Waals surface area contributed by atoms with E-state index in [1.165, 1.54) is 0 Å². The van der Waals surface area contributed by atoms with Crippen molar-refractivity contribution in [2.45, 2.75) is 0 Å². The van der Waals surface area contributed by atoms with Crippen molar-refractivity contribution in [1.29, 1.82) is 0 Å². The largest absolute Gasteiger partial charge is 0.497 e. The maximum atomic E-state index is 12.6. The summed E-state index contributed by atoms with van der Waals surface area (Å²) in [6.45, 7) is 0. The molecule has 0 bridgehead atoms. The van der Waals surface area contributed by atoms with Crippen LogP contribution in [0.1, 0.15) is 15.9 Å². The van der Waals surface area contributed by atoms with Crippen LogP contribution in [-0.2, 0) is 0 Å². The van der Waals surface area contributed by atoms with Gasteiger partial charge in [0.2, 0.25) is 0 Å². The number of pyridine rings is 1. The first-order valence-corrected chi connectivity index (χ1v) is 7.19. The quantitative estimate of drug-likeness (QED) is 0.748. The number of carbonyl (C=O) groups is 1. The summed E-state index contributed by atoms with van der Waals surface area (Å²) in [7, 11) is 1.62. The zero-order valence-electron chi connectivity index (χ0n) is 12.7. The Kier molecular flexibility index (Phi) is 4.06. The number of rotatable bonds is 4. The zero-order valence-corrected chi connectivity index (χ0v) is 12.7. The van der Waals surface area contributed by atoms with E-state index in [9.17, 15) is 4.79 Å². The van der Waals surface area contributed by atoms with Crippen molar-refractivity contribution in [2.75, 3.05) is 12.8 Å². The summed E-state index contributed by atoms with van der Waals surface area (Å²) >= 11 is 0. The van der Waals surface area contributed by atoms with Crippen LogP contribution in [0, 0.1) is 0 Å². The molecule has 3 rings (SSSR count). The molecule has 4 heteroatoms. The highest BCUT2D eigenvalue weighted by molar-refractivity contribution is 6.12. The van der Waals surface area contributed by atoms with Crippen LogP contribution in [0.5, 0.6) is 5.75 Å². The van der Waals surface area contributed by atoms with Gasteiger partial charge in [0.1, 0.15) is 11.6 Å². The minimum absolute atomic E-state index is 0.133. The SMILES string of the molecule is COc1ccc(-c2cnc(N)c(C(=O)c3ccccc3)c2)cc1. The van der Waals surface area contributed by atoms with Gasteiger partial charge in [0.05, 0.1) is 12.7 Å². The maximum absolute atomic E-state index is 12.6. The van der Waals surface area contributed by atoms with Gasteiger partial charge >= 0.3 is 0 Å². The van der Waals surface area contributed by atoms with Gasteiger partial charge in [-0.2, -0.15) is 0 Å². The molecule has 0 radical (unpaired) electrons. The predicted octanol–water partition coefficient (Wildman–Crippen LogP) is 3.57. The van der Waals surface area contributed by atoms with Crippen molar-refractivity contribution >= 4 is 11.6 Å². The summed E-state index contributed by atoms with van der Waals surface area (Å²) in [5, 5.41) is 0. The normalized spacial score (nSPS) is 10.3. The number of nitrogens with two attached hydrogens (primary N) is 1. The standard InChI is InChI=1S/C19H16N2O2/c1-23-16-9-7-13(8-10-16)15-11-17(19(20)21-12-15)18(22)14-5-3-2-4-6-14/h2-12H,1H3,(H2,20,21). The van der Waals surface area contributed by atoms with E-state index in [0.29, 0.717) is 11.1 Å². The molecular weight excluding hydrogens is 288 g/mol. The second kappa shape index (κ2) is 6.32. The molecule has 2 N–H and O–H groups in total. The van der Waals surface area contributed by atoms with Gasteiger partial charge in [-0.05, 0) is 23.8 Å². The number of anilines is 1. The number of hydrogen-bond acceptors (Lipinski definition) is 4. The molecule has 0 fully saturated rings. The molecule has 0 unspecified atom stereocenters. The molecule has 0 spiro atoms. The van der Waals surface area contributed by atoms with E-state index in [-0.39, 0.29) is 11.6 Å². The highest BCUT2D eigenvalue weighted by atomic mass is 16.5. The smallest absolute Gasteiger partial charge is 0.196 e. The number of aromatic nitrogens is 1. The van der Waals surface area contributed by atoms with Gasteiger partial charge < -0.3 is 10.5 Å². The van der Waals surface area contributed by atoms with E-state index in [0.717, 1.165) is 16.9 Å². The second-order valence-corrected chi connectivity index (χ2v) is 5.08. The average molecular weight is 304 g/mol. The number of hydrogen-bond donors (Lipinski definition) is 1. The Bertz CT molecular complexity index is 828. The molecule has 3 aromatic rings. The first kappa shape index (κ1) is 14.8. The molecular formula is C19H16N2O2. The van der Waals surface area contributed by atoms with Crippen LogP contribution in [0.4, 0.5) is 5.82 Å². The molecule has 0 amide bonds. The van der Waals surface area contributed by atoms with Crippen LogP contribution < -0.4 is 10.5 Å². The fourth-order valence-corrected chi connectivity index (χ4v) is 2.34. The van der Waals surface area contributed by atoms with Crippen LogP contribution in [0.15, 0.2) is 66.9 Å². The lowest BCUT2D eigenvalue weighted by Gasteiger charge is -2.08. The van der Waals surface area contributed by atoms with Crippen LogP contribution >= 0.6 is 0 Å². The van der Waals surface area contributed by atoms with Gasteiger partial charge in [-0.15, -0.1) is 0 Å². The lowest BCUT2D eigenvalue weighted by Crippen LogP contribution is -2.07. The summed E-state index contributed by atoms with van der Waals surface area (Å²) in [5.74, 6) is 0.875. The molecule has 0 atom stereocenters. The topological polar surface area (TPSA) is 65.2 Å². The van der Waals surface area contributed by atoms with Gasteiger partial charge in [0.15, 0.2) is 5.78 Å². The summed E-state index contributed by atoms with van der Waals surface area (Å²) in [6.07, 6.45) is 1.67. The van der Waals surface area contributed by atoms with Crippen molar-refractivity contribution in [3.63, 3.8) is 0 Å². The molecule has 0 aliphatic carbocycles. The van der Waals surface area contributed by atoms with Crippen LogP contribution in [0.25, 0.3) is 11.1 Å². The molecule has 1 heterocycles. The predicted molar refractivity (Wildman–Crippen MR) is 90.5 cm³/mol. The minimum atomic E-state index is -0.133. The van der Waals surface area contributed by atoms with Crippen LogP contribution in [0.3, 0.4) is 0 Å². The Labute approximate surface area is 134 Å². The Morgan fingerprint density at radius 1 is 1.00 bits per heavy atom. The number of ether oxygens (including phenoxy) is 1. The molecule has 2 aromatic carbocycles. The van der Waals surface area contributed by atoms with E-state index in [2.05, 4.69) is 4.98 Å². The number of carbonyl (C=O) groups excluding carboxylic acids is 1. The van der Waals surface area contributed by atoms with E-state index >= 15 is 0 Å². The van der Waals surface area contributed by atoms with Gasteiger partial charge in [0.25, 0.3) is 0 Å². The number of benzene rings is 2. The highest BCUT2D eigenvalue weighted by Gasteiger charge is 2.14. The first-order chi connectivity index (χ1) is 11.2. The third kappa shape index (κ3) is 3.06. The van der Waals surface area contributed by atoms with Crippen molar-refractivity contribution in [2.24, 2.45) is 0 Å². The third-order valence-electron chi connectivity index (χ3n) is 3.62. The van der Waals surface area contributed by atoms with Crippen molar-refractivity contribution < 1.29 is 9.53 Å². The number of methoxy groups -OCH3 is 1. The summed E-state index contributed by atoms with van der Waals surface area (Å²) in [4.78, 5) is 16.8. The monoisotopic (exact) mass is 304 g/mol. The maximum Gasteiger partial charge on any atom is 0.196 e. The van der Waals surface area contributed by atoms with Crippen LogP contribution in [-0.4, -0.2) is 17.9 Å². The summed E-state index contributed by atoms with van der Waals surface area (Å²) in [5.41, 5.74) is 8.68. The first-order valence-electron chi connectivity index (χ1n) is 7.19. The number of nitrogens with zero attached hydrogens (tertiary/aromatic N) is 1. The number of nitrogen functional groups attached to an aromatic ring is 1. The van der Waals surface area contributed by atoms with Gasteiger partial charge in [-0.3, -0.25) is 4.79 Å². The Hall–Kier alpha value is -3.14. The molecule has 0 saturated carbocycles. The molecule has 0 aliphatic heterocycles. The number of ketones is 1. The van der Waals surface area contributed by atoms with Crippen molar-refractivity contribution in [3.8, 4) is 16.9 Å². The Balaban J connectivity index is 2.00. The Morgan fingerprint density at radius 2 is 1.70 bits per heavy atom. The van der Waals surface area contributed by atoms with E-state index in [1.54, 1.807) is 31.5 Å². The van der Waals surface area contributed by atoms with Crippen molar-refractivity contribution in [3.05, 3.63) is 78.0 Å². The van der Waals surface area contributed by atoms with E-state index in [4.69, 9.17) is 10.5 Å². The fourth-order valence-electron chi connectivity index (χ4n) is 2.34. The summed E-state index contributed by atoms with van der Waals surface area (Å²) < 4.78 is 5.15. The summed E-state index contributed by atoms with van der Waals surface area (Å²) in [6, 6.07) is 18.4. The fraction of sp³-hybridized carbons (Fsp3) is 0.0526. The van der Waals surface area contributed by atoms with E-state index in [1.807, 2.05) is 42.5 Å². The zero-order chi connectivity index (χ0) is 16.2. The average Bonchev–Trinajstić information content (AvgIpc) is 2.62. The van der Waals surface area contributed by atoms with Crippen molar-refractivity contribution in [1.82, 2.24) is 4.98 Å². The van der Waals surface area contributed by atoms with Gasteiger partial charge in [0, 0.05) is 17.3 Å². The Morgan fingerprint density at radius 3 is 2.35 bits per heavy atom. The molecule has 4 nitrogen and oxygen atoms in total. The van der Waals surface area contributed by atoms with Gasteiger partial charge in [-0.1, -0.05) is 42.5 Å². The third-order valence-corrected chi connectivity index (χ3v) is 3.62. The molecule has 0 saturated heterocycles. The molecule has 0 aliphatic rings. The minimum Gasteiger partial charge on any atom is -0.497 e. The van der Waals surface area contributed by atoms with E-state index < -0.39 is 0 Å². The molecule has 23 heavy (non-hydrogen) atoms. The molecule has 1 aromatic heterocycles. The lowest BCUT2D eigenvalue weighted by atomic mass is 10.00. The van der Waals surface area contributed by atoms with Crippen LogP contribution in [0.2, 0.25) is 0 Å². The van der Waals surface area contributed by atoms with Gasteiger partial charge in [-0.25, -0.2) is 4.98 Å². The lowest BCUT2D eigenvalue weighted by molar-refractivity contribution is 0.103. The highest BCUT2D eigenvalue weighted by Crippen LogP contribution is 2.25. The second-order valence-electron chi connectivity index (χ2n) is 5.08. The molecule has 114 valence electrons.